The monoisotopic (exact) mass is 871 g/mol. The molecule has 3 radical (unpaired) electrons. The maximum absolute atomic E-state index is 11.2. The van der Waals surface area contributed by atoms with Crippen LogP contribution in [0.5, 0.6) is 11.8 Å². The summed E-state index contributed by atoms with van der Waals surface area (Å²) in [5.41, 5.74) is 11.1. The van der Waals surface area contributed by atoms with Crippen LogP contribution in [0.25, 0.3) is 33.9 Å². The van der Waals surface area contributed by atoms with Crippen LogP contribution in [0.3, 0.4) is 0 Å². The van der Waals surface area contributed by atoms with Crippen molar-refractivity contribution in [1.82, 2.24) is 9.97 Å². The molecule has 60 heavy (non-hydrogen) atoms. The van der Waals surface area contributed by atoms with Crippen LogP contribution in [0.15, 0.2) is 122 Å². The molecule has 19 heteroatoms. The third-order valence-electron chi connectivity index (χ3n) is 8.41. The number of nitro groups is 2. The molecule has 0 bridgehead atoms. The van der Waals surface area contributed by atoms with Crippen molar-refractivity contribution in [2.45, 2.75) is 6.42 Å². The number of aldehydes is 1. The molecule has 0 aliphatic heterocycles. The number of aliphatic hydroxyl groups excluding tert-OH is 1. The van der Waals surface area contributed by atoms with Crippen molar-refractivity contribution in [2.24, 2.45) is 0 Å². The molecule has 2 N–H and O–H groups in total. The Balaban J connectivity index is 0.000000444. The van der Waals surface area contributed by atoms with Crippen molar-refractivity contribution in [2.75, 3.05) is 21.3 Å². The van der Waals surface area contributed by atoms with Gasteiger partial charge in [0.1, 0.15) is 0 Å². The maximum atomic E-state index is 11.2. The van der Waals surface area contributed by atoms with Crippen molar-refractivity contribution in [3.8, 4) is 34.0 Å². The summed E-state index contributed by atoms with van der Waals surface area (Å²) in [6.07, 6.45) is 6.73. The van der Waals surface area contributed by atoms with E-state index in [1.807, 2.05) is 66.7 Å². The minimum absolute atomic E-state index is 0. The van der Waals surface area contributed by atoms with Gasteiger partial charge in [0.25, 0.3) is 11.4 Å². The van der Waals surface area contributed by atoms with E-state index in [1.165, 1.54) is 34.5 Å². The van der Waals surface area contributed by atoms with E-state index in [-0.39, 0.29) is 77.3 Å². The van der Waals surface area contributed by atoms with Gasteiger partial charge in [-0.1, -0.05) is 48.5 Å². The Labute approximate surface area is 403 Å². The molecule has 6 aromatic rings. The summed E-state index contributed by atoms with van der Waals surface area (Å²) >= 11 is 2.80. The van der Waals surface area contributed by atoms with E-state index < -0.39 is 0 Å². The van der Waals surface area contributed by atoms with E-state index in [9.17, 15) is 25.0 Å². The number of aromatic nitrogens is 2. The third-order valence-corrected chi connectivity index (χ3v) is 8.41. The summed E-state index contributed by atoms with van der Waals surface area (Å²) < 4.78 is 21.5. The van der Waals surface area contributed by atoms with Gasteiger partial charge in [-0.25, -0.2) is 9.97 Å². The zero-order valence-electron chi connectivity index (χ0n) is 32.8. The average molecular weight is 872 g/mol. The number of nitrogens with zero attached hydrogens (tertiary/aromatic N) is 4. The molecule has 0 atom stereocenters. The second-order valence-corrected chi connectivity index (χ2v) is 11.7. The van der Waals surface area contributed by atoms with Crippen LogP contribution < -0.4 is 65.6 Å². The van der Waals surface area contributed by atoms with Crippen LogP contribution in [0.2, 0.25) is 0 Å². The molecule has 0 unspecified atom stereocenters. The number of hydrogen-bond donors (Lipinski definition) is 2. The number of pyridine rings is 2. The molecule has 15 nitrogen and oxygen atoms in total. The molecule has 2 heterocycles. The van der Waals surface area contributed by atoms with Crippen LogP contribution in [0.4, 0.5) is 11.4 Å². The molecule has 0 saturated carbocycles. The van der Waals surface area contributed by atoms with E-state index in [2.05, 4.69) is 26.0 Å². The van der Waals surface area contributed by atoms with Crippen molar-refractivity contribution >= 4 is 62.2 Å². The number of non-ortho nitro benzene ring substituents is 2. The first kappa shape index (κ1) is 53.3. The van der Waals surface area contributed by atoms with E-state index >= 15 is 0 Å². The Kier molecular flexibility index (Phi) is 24.8. The Bertz CT molecular complexity index is 2390. The van der Waals surface area contributed by atoms with Crippen molar-refractivity contribution in [3.05, 3.63) is 175 Å². The summed E-state index contributed by atoms with van der Waals surface area (Å²) in [6, 6.07) is 33.3. The molecule has 0 amide bonds. The topological polar surface area (TPSA) is 214 Å². The first-order valence-electron chi connectivity index (χ1n) is 16.8. The fourth-order valence-electron chi connectivity index (χ4n) is 6.10. The van der Waals surface area contributed by atoms with E-state index in [0.29, 0.717) is 23.6 Å². The summed E-state index contributed by atoms with van der Waals surface area (Å²) in [5.74, 6) is 0.892. The number of carbonyl (C=O) groups excluding carboxylic acids is 1. The second-order valence-electron chi connectivity index (χ2n) is 11.5. The Morgan fingerprint density at radius 3 is 1.63 bits per heavy atom. The number of ether oxygens (including phenoxy) is 2. The van der Waals surface area contributed by atoms with Crippen molar-refractivity contribution in [1.29, 1.82) is 0 Å². The molecule has 299 valence electrons. The van der Waals surface area contributed by atoms with Gasteiger partial charge < -0.3 is 23.2 Å². The van der Waals surface area contributed by atoms with Gasteiger partial charge in [0.15, 0.2) is 6.29 Å². The van der Waals surface area contributed by atoms with Gasteiger partial charge in [0.2, 0.25) is 11.8 Å². The zero-order chi connectivity index (χ0) is 42.6. The van der Waals surface area contributed by atoms with E-state index in [4.69, 9.17) is 23.6 Å². The van der Waals surface area contributed by atoms with Crippen LogP contribution >= 0.6 is 0 Å². The van der Waals surface area contributed by atoms with Crippen LogP contribution in [0.1, 0.15) is 38.2 Å². The SMILES string of the molecule is CO.COc1ncccc1C=C1c2ccccc2-c2ccc([N+](=O)[O-])cc21.COc1ncccc1C=O.O=[N+]([O-])c1ccc2c(c1)Cc1ccccc1-2.O[O][Al].[F-].[K+].[O]=[Al]. The number of rotatable bonds is 6. The fraction of sp³-hybridized carbons (Fsp3) is 0.0976. The van der Waals surface area contributed by atoms with Crippen LogP contribution in [-0.4, -0.2) is 90.6 Å². The number of carbonyl (C=O) groups is 1. The van der Waals surface area contributed by atoms with Gasteiger partial charge in [-0.05, 0) is 99.0 Å². The molecule has 0 spiro atoms. The molecule has 2 aliphatic carbocycles. The second kappa shape index (κ2) is 27.9. The van der Waals surface area contributed by atoms with Gasteiger partial charge in [-0.2, -0.15) is 0 Å². The van der Waals surface area contributed by atoms with Gasteiger partial charge >= 0.3 is 88.0 Å². The number of halogens is 1. The summed E-state index contributed by atoms with van der Waals surface area (Å²) in [7, 11) is 4.06. The molecule has 2 aliphatic rings. The molecule has 8 rings (SSSR count). The van der Waals surface area contributed by atoms with Crippen molar-refractivity contribution in [3.63, 3.8) is 0 Å². The summed E-state index contributed by atoms with van der Waals surface area (Å²) in [6.45, 7) is 0. The Hall–Kier alpha value is -4.70. The van der Waals surface area contributed by atoms with Crippen LogP contribution in [-0.2, 0) is 14.2 Å². The Morgan fingerprint density at radius 2 is 1.10 bits per heavy atom. The minimum atomic E-state index is -0.370. The standard InChI is InChI=1S/C20H14N2O3.C13H9NO2.C7H7NO2.CH4O.2Al.FH.K.H2O2.O/c1-25-20-13(5-4-10-21-20)11-18-16-7-3-2-6-15(16)17-9-8-14(22(23)24)12-19(17)18;15-14(16)11-5-6-13-10(8-11)7-9-3-1-2-4-12(9)13;1-10-7-6(5-9)3-2-4-8-7;1-2;;;;;1-2;/h2-12H,1H3;1-6,8H,7H2;2-5H,1H3;2H,1H3;;;1H;;1-2H;/q;;;;;+1;;+1;;/p-2. The number of nitro benzene ring substituents is 2. The third kappa shape index (κ3) is 13.7. The summed E-state index contributed by atoms with van der Waals surface area (Å²) in [5, 5.41) is 35.9. The molecule has 2 aromatic heterocycles. The van der Waals surface area contributed by atoms with E-state index in [0.717, 1.165) is 58.0 Å². The molecular weight excluding hydrogens is 837 g/mol. The van der Waals surface area contributed by atoms with Gasteiger partial charge in [0.05, 0.1) is 29.6 Å². The normalized spacial score (nSPS) is 10.7. The first-order chi connectivity index (χ1) is 28.2. The molecule has 4 aromatic carbocycles. The predicted molar refractivity (Wildman–Crippen MR) is 218 cm³/mol. The number of hydrogen-bond acceptors (Lipinski definition) is 13. The van der Waals surface area contributed by atoms with Crippen molar-refractivity contribution < 1.29 is 98.3 Å². The number of methoxy groups -OCH3 is 2. The number of aliphatic hydroxyl groups is 1. The number of benzene rings is 4. The van der Waals surface area contributed by atoms with Gasteiger partial charge in [-0.15, -0.1) is 0 Å². The Morgan fingerprint density at radius 1 is 0.650 bits per heavy atom. The number of fused-ring (bicyclic) bond motifs is 6. The zero-order valence-corrected chi connectivity index (χ0v) is 38.2. The van der Waals surface area contributed by atoms with Crippen LogP contribution in [0, 0.1) is 20.2 Å². The average Bonchev–Trinajstić information content (AvgIpc) is 3.80. The molecule has 0 saturated heterocycles. The summed E-state index contributed by atoms with van der Waals surface area (Å²) in [4.78, 5) is 39.5. The quantitative estimate of drug-likeness (QED) is 0.0794. The van der Waals surface area contributed by atoms with E-state index in [1.54, 1.807) is 72.5 Å². The van der Waals surface area contributed by atoms with Gasteiger partial charge in [-0.3, -0.25) is 30.3 Å². The fourth-order valence-corrected chi connectivity index (χ4v) is 6.10. The first-order valence-corrected chi connectivity index (χ1v) is 17.8. The van der Waals surface area contributed by atoms with Gasteiger partial charge in [0, 0.05) is 49.3 Å². The molecular formula is C41H35Al2FKN4O11. The predicted octanol–water partition coefficient (Wildman–Crippen LogP) is 1.31. The molecule has 0 fully saturated rings.